The number of benzene rings is 2. The SMILES string of the molecule is O=C(CC(=O)Nc1ccc(Oc2ccnc(NC(=O)NC3CC3)c2)cc1Cl)Nc1ccc(F)cc1. The number of hydrogen-bond acceptors (Lipinski definition) is 5. The summed E-state index contributed by atoms with van der Waals surface area (Å²) in [6.45, 7) is 0. The van der Waals surface area contributed by atoms with Crippen molar-refractivity contribution >= 4 is 46.6 Å². The molecule has 180 valence electrons. The van der Waals surface area contributed by atoms with Gasteiger partial charge >= 0.3 is 6.03 Å². The van der Waals surface area contributed by atoms with Crippen LogP contribution in [0.25, 0.3) is 0 Å². The minimum absolute atomic E-state index is 0.200. The van der Waals surface area contributed by atoms with Crippen LogP contribution in [0.15, 0.2) is 60.8 Å². The summed E-state index contributed by atoms with van der Waals surface area (Å²) < 4.78 is 18.7. The highest BCUT2D eigenvalue weighted by Crippen LogP contribution is 2.30. The van der Waals surface area contributed by atoms with Crippen LogP contribution in [0.4, 0.5) is 26.4 Å². The van der Waals surface area contributed by atoms with Crippen LogP contribution in [0.2, 0.25) is 5.02 Å². The molecule has 1 aliphatic carbocycles. The number of nitrogens with zero attached hydrogens (tertiary/aromatic N) is 1. The molecule has 4 amide bonds. The number of halogens is 2. The van der Waals surface area contributed by atoms with Gasteiger partial charge in [-0.1, -0.05) is 11.6 Å². The van der Waals surface area contributed by atoms with E-state index in [2.05, 4.69) is 26.3 Å². The molecule has 1 saturated carbocycles. The zero-order valence-electron chi connectivity index (χ0n) is 18.3. The summed E-state index contributed by atoms with van der Waals surface area (Å²) in [5.74, 6) is -0.420. The van der Waals surface area contributed by atoms with Crippen LogP contribution >= 0.6 is 11.6 Å². The zero-order chi connectivity index (χ0) is 24.8. The first-order chi connectivity index (χ1) is 16.8. The highest BCUT2D eigenvalue weighted by molar-refractivity contribution is 6.34. The van der Waals surface area contributed by atoms with E-state index < -0.39 is 24.1 Å². The number of ether oxygens (including phenoxy) is 1. The number of urea groups is 1. The molecule has 0 bridgehead atoms. The van der Waals surface area contributed by atoms with Crippen molar-refractivity contribution in [3.8, 4) is 11.5 Å². The van der Waals surface area contributed by atoms with Crippen molar-refractivity contribution in [3.63, 3.8) is 0 Å². The van der Waals surface area contributed by atoms with Gasteiger partial charge < -0.3 is 20.7 Å². The molecule has 0 radical (unpaired) electrons. The molecule has 0 aliphatic heterocycles. The van der Waals surface area contributed by atoms with Crippen molar-refractivity contribution in [1.29, 1.82) is 0 Å². The maximum Gasteiger partial charge on any atom is 0.320 e. The van der Waals surface area contributed by atoms with Crippen LogP contribution in [-0.4, -0.2) is 28.9 Å². The molecule has 1 heterocycles. The predicted octanol–water partition coefficient (Wildman–Crippen LogP) is 4.92. The fourth-order valence-electron chi connectivity index (χ4n) is 2.98. The zero-order valence-corrected chi connectivity index (χ0v) is 19.1. The van der Waals surface area contributed by atoms with Crippen LogP contribution in [0.5, 0.6) is 11.5 Å². The van der Waals surface area contributed by atoms with E-state index in [1.54, 1.807) is 18.2 Å². The predicted molar refractivity (Wildman–Crippen MR) is 129 cm³/mol. The molecule has 1 aromatic heterocycles. The molecule has 1 aliphatic rings. The molecule has 0 atom stereocenters. The van der Waals surface area contributed by atoms with Crippen molar-refractivity contribution in [3.05, 3.63) is 71.6 Å². The highest BCUT2D eigenvalue weighted by Gasteiger charge is 2.23. The normalized spacial score (nSPS) is 12.4. The summed E-state index contributed by atoms with van der Waals surface area (Å²) in [5.41, 5.74) is 0.675. The molecule has 11 heteroatoms. The number of hydrogen-bond donors (Lipinski definition) is 4. The summed E-state index contributed by atoms with van der Waals surface area (Å²) in [4.78, 5) is 40.2. The second-order valence-electron chi connectivity index (χ2n) is 7.77. The maximum absolute atomic E-state index is 12.9. The van der Waals surface area contributed by atoms with E-state index in [1.165, 1.54) is 42.6 Å². The van der Waals surface area contributed by atoms with Gasteiger partial charge in [-0.15, -0.1) is 0 Å². The van der Waals surface area contributed by atoms with Crippen molar-refractivity contribution in [2.75, 3.05) is 16.0 Å². The monoisotopic (exact) mass is 497 g/mol. The quantitative estimate of drug-likeness (QED) is 0.329. The van der Waals surface area contributed by atoms with Gasteiger partial charge in [0.05, 0.1) is 10.7 Å². The van der Waals surface area contributed by atoms with E-state index >= 15 is 0 Å². The Balaban J connectivity index is 1.30. The van der Waals surface area contributed by atoms with E-state index in [-0.39, 0.29) is 17.1 Å². The number of nitrogens with one attached hydrogen (secondary N) is 4. The molecular weight excluding hydrogens is 477 g/mol. The molecule has 4 rings (SSSR count). The number of amides is 4. The van der Waals surface area contributed by atoms with Crippen molar-refractivity contribution in [1.82, 2.24) is 10.3 Å². The van der Waals surface area contributed by atoms with E-state index in [0.29, 0.717) is 28.7 Å². The average molecular weight is 498 g/mol. The molecule has 2 aromatic carbocycles. The molecular formula is C24H21ClFN5O4. The first-order valence-electron chi connectivity index (χ1n) is 10.7. The number of carbonyl (C=O) groups excluding carboxylic acids is 3. The van der Waals surface area contributed by atoms with Gasteiger partial charge in [-0.25, -0.2) is 14.2 Å². The van der Waals surface area contributed by atoms with E-state index in [9.17, 15) is 18.8 Å². The largest absolute Gasteiger partial charge is 0.457 e. The Labute approximate surface area is 205 Å². The van der Waals surface area contributed by atoms with Crippen LogP contribution in [0.1, 0.15) is 19.3 Å². The summed E-state index contributed by atoms with van der Waals surface area (Å²) >= 11 is 6.27. The van der Waals surface area contributed by atoms with Crippen molar-refractivity contribution < 1.29 is 23.5 Å². The Hall–Kier alpha value is -4.18. The summed E-state index contributed by atoms with van der Waals surface area (Å²) in [5, 5.41) is 10.7. The van der Waals surface area contributed by atoms with Crippen LogP contribution in [0, 0.1) is 5.82 Å². The lowest BCUT2D eigenvalue weighted by atomic mass is 10.2. The molecule has 0 unspecified atom stereocenters. The first-order valence-corrected chi connectivity index (χ1v) is 11.1. The van der Waals surface area contributed by atoms with Gasteiger partial charge in [-0.2, -0.15) is 0 Å². The Morgan fingerprint density at radius 1 is 0.943 bits per heavy atom. The number of anilines is 3. The first kappa shape index (κ1) is 24.0. The Morgan fingerprint density at radius 2 is 1.66 bits per heavy atom. The van der Waals surface area contributed by atoms with Gasteiger partial charge in [0.15, 0.2) is 0 Å². The molecule has 3 aromatic rings. The third-order valence-corrected chi connectivity index (χ3v) is 5.10. The maximum atomic E-state index is 12.9. The molecule has 0 spiro atoms. The second kappa shape index (κ2) is 10.8. The number of pyridine rings is 1. The van der Waals surface area contributed by atoms with Gasteiger partial charge in [0.25, 0.3) is 0 Å². The fourth-order valence-corrected chi connectivity index (χ4v) is 3.20. The molecule has 35 heavy (non-hydrogen) atoms. The van der Waals surface area contributed by atoms with Crippen molar-refractivity contribution in [2.24, 2.45) is 0 Å². The molecule has 1 fully saturated rings. The summed E-state index contributed by atoms with van der Waals surface area (Å²) in [7, 11) is 0. The van der Waals surface area contributed by atoms with Crippen LogP contribution < -0.4 is 26.0 Å². The second-order valence-corrected chi connectivity index (χ2v) is 8.18. The highest BCUT2D eigenvalue weighted by atomic mass is 35.5. The molecule has 9 nitrogen and oxygen atoms in total. The molecule has 4 N–H and O–H groups in total. The molecule has 0 saturated heterocycles. The van der Waals surface area contributed by atoms with Crippen molar-refractivity contribution in [2.45, 2.75) is 25.3 Å². The minimum atomic E-state index is -0.575. The van der Waals surface area contributed by atoms with Gasteiger partial charge in [0.1, 0.15) is 29.6 Å². The van der Waals surface area contributed by atoms with Crippen LogP contribution in [0.3, 0.4) is 0 Å². The number of rotatable bonds is 8. The Kier molecular flexibility index (Phi) is 7.41. The van der Waals surface area contributed by atoms with Gasteiger partial charge in [-0.05, 0) is 55.3 Å². The van der Waals surface area contributed by atoms with Gasteiger partial charge in [0, 0.05) is 30.1 Å². The lowest BCUT2D eigenvalue weighted by Gasteiger charge is -2.11. The van der Waals surface area contributed by atoms with Gasteiger partial charge in [0.2, 0.25) is 11.8 Å². The fraction of sp³-hybridized carbons (Fsp3) is 0.167. The van der Waals surface area contributed by atoms with E-state index in [0.717, 1.165) is 12.8 Å². The van der Waals surface area contributed by atoms with Crippen LogP contribution in [-0.2, 0) is 9.59 Å². The summed E-state index contributed by atoms with van der Waals surface area (Å²) in [6.07, 6.45) is 3.00. The lowest BCUT2D eigenvalue weighted by molar-refractivity contribution is -0.123. The topological polar surface area (TPSA) is 121 Å². The number of carbonyl (C=O) groups is 3. The third kappa shape index (κ3) is 7.41. The lowest BCUT2D eigenvalue weighted by Crippen LogP contribution is -2.30. The third-order valence-electron chi connectivity index (χ3n) is 4.79. The summed E-state index contributed by atoms with van der Waals surface area (Å²) in [6, 6.07) is 12.9. The average Bonchev–Trinajstić information content (AvgIpc) is 3.61. The van der Waals surface area contributed by atoms with E-state index in [4.69, 9.17) is 16.3 Å². The van der Waals surface area contributed by atoms with Gasteiger partial charge in [-0.3, -0.25) is 14.9 Å². The smallest absolute Gasteiger partial charge is 0.320 e. The van der Waals surface area contributed by atoms with E-state index in [1.807, 2.05) is 0 Å². The minimum Gasteiger partial charge on any atom is -0.457 e. The standard InChI is InChI=1S/C24H21ClFN5O4/c25-19-11-17(35-18-9-10-27-21(12-18)31-24(34)29-16-5-6-16)7-8-20(19)30-23(33)13-22(32)28-15-3-1-14(26)2-4-15/h1-4,7-12,16H,5-6,13H2,(H,28,32)(H,30,33)(H2,27,29,31,34). The Morgan fingerprint density at radius 3 is 2.37 bits per heavy atom. The number of aromatic nitrogens is 1. The Bertz CT molecular complexity index is 1250.